The van der Waals surface area contributed by atoms with Gasteiger partial charge in [-0.1, -0.05) is 37.6 Å². The highest BCUT2D eigenvalue weighted by Gasteiger charge is 2.16. The summed E-state index contributed by atoms with van der Waals surface area (Å²) in [5, 5.41) is 4.04. The second-order valence-corrected chi connectivity index (χ2v) is 5.05. The van der Waals surface area contributed by atoms with Crippen LogP contribution in [-0.4, -0.2) is 18.4 Å². The third kappa shape index (κ3) is 4.88. The lowest BCUT2D eigenvalue weighted by Gasteiger charge is -2.16. The Labute approximate surface area is 108 Å². The summed E-state index contributed by atoms with van der Waals surface area (Å²) in [6.07, 6.45) is 0.829. The van der Waals surface area contributed by atoms with E-state index in [1.807, 2.05) is 24.3 Å². The molecular formula is C14H20ClNO. The van der Waals surface area contributed by atoms with Crippen LogP contribution in [0.3, 0.4) is 0 Å². The summed E-state index contributed by atoms with van der Waals surface area (Å²) >= 11 is 5.84. The van der Waals surface area contributed by atoms with Crippen molar-refractivity contribution in [2.45, 2.75) is 39.2 Å². The number of nitrogens with one attached hydrogen (secondary N) is 1. The summed E-state index contributed by atoms with van der Waals surface area (Å²) in [4.78, 5) is 11.6. The Hall–Kier alpha value is -0.860. The van der Waals surface area contributed by atoms with Gasteiger partial charge in [-0.2, -0.15) is 0 Å². The number of carbonyl (C=O) groups excluding carboxylic acids is 1. The highest BCUT2D eigenvalue weighted by molar-refractivity contribution is 6.30. The SMILES string of the molecule is CC(=O)[C@H](CCNC(C)C)c1ccc(Cl)cc1. The number of carbonyl (C=O) groups is 1. The van der Waals surface area contributed by atoms with E-state index < -0.39 is 0 Å². The molecule has 94 valence electrons. The zero-order chi connectivity index (χ0) is 12.8. The largest absolute Gasteiger partial charge is 0.314 e. The van der Waals surface area contributed by atoms with Gasteiger partial charge in [0.05, 0.1) is 0 Å². The molecule has 0 amide bonds. The standard InChI is InChI=1S/C14H20ClNO/c1-10(2)16-9-8-14(11(3)17)12-4-6-13(15)7-5-12/h4-7,10,14,16H,8-9H2,1-3H3/t14-/m0/s1. The van der Waals surface area contributed by atoms with E-state index in [0.717, 1.165) is 18.5 Å². The molecule has 0 saturated heterocycles. The maximum absolute atomic E-state index is 11.6. The average Bonchev–Trinajstić information content (AvgIpc) is 2.25. The molecule has 2 nitrogen and oxygen atoms in total. The molecule has 1 aromatic rings. The number of Topliss-reactive ketones (excluding diaryl/α,β-unsaturated/α-hetero) is 1. The second kappa shape index (κ2) is 6.77. The molecule has 0 saturated carbocycles. The van der Waals surface area contributed by atoms with Gasteiger partial charge in [-0.15, -0.1) is 0 Å². The van der Waals surface area contributed by atoms with Crippen molar-refractivity contribution in [2.24, 2.45) is 0 Å². The summed E-state index contributed by atoms with van der Waals surface area (Å²) in [6, 6.07) is 7.99. The zero-order valence-corrected chi connectivity index (χ0v) is 11.4. The highest BCUT2D eigenvalue weighted by atomic mass is 35.5. The van der Waals surface area contributed by atoms with Gasteiger partial charge in [0, 0.05) is 17.0 Å². The topological polar surface area (TPSA) is 29.1 Å². The van der Waals surface area contributed by atoms with Crippen molar-refractivity contribution in [3.05, 3.63) is 34.9 Å². The predicted octanol–water partition coefficient (Wildman–Crippen LogP) is 3.40. The number of hydrogen-bond donors (Lipinski definition) is 1. The predicted molar refractivity (Wildman–Crippen MR) is 72.6 cm³/mol. The molecular weight excluding hydrogens is 234 g/mol. The van der Waals surface area contributed by atoms with Crippen LogP contribution in [0.5, 0.6) is 0 Å². The van der Waals surface area contributed by atoms with E-state index in [1.54, 1.807) is 6.92 Å². The minimum absolute atomic E-state index is 0.0292. The van der Waals surface area contributed by atoms with Crippen LogP contribution in [0.4, 0.5) is 0 Å². The first-order valence-corrected chi connectivity index (χ1v) is 6.37. The van der Waals surface area contributed by atoms with Gasteiger partial charge in [0.25, 0.3) is 0 Å². The Bertz CT molecular complexity index is 359. The van der Waals surface area contributed by atoms with Crippen molar-refractivity contribution in [1.29, 1.82) is 0 Å². The van der Waals surface area contributed by atoms with Gasteiger partial charge >= 0.3 is 0 Å². The molecule has 0 aliphatic rings. The van der Waals surface area contributed by atoms with Crippen LogP contribution in [0.25, 0.3) is 0 Å². The Morgan fingerprint density at radius 1 is 1.29 bits per heavy atom. The Morgan fingerprint density at radius 2 is 1.88 bits per heavy atom. The summed E-state index contributed by atoms with van der Waals surface area (Å²) in [5.41, 5.74) is 1.05. The molecule has 1 N–H and O–H groups in total. The van der Waals surface area contributed by atoms with Crippen LogP contribution in [-0.2, 0) is 4.79 Å². The molecule has 0 heterocycles. The van der Waals surface area contributed by atoms with E-state index in [4.69, 9.17) is 11.6 Å². The van der Waals surface area contributed by atoms with Crippen molar-refractivity contribution < 1.29 is 4.79 Å². The lowest BCUT2D eigenvalue weighted by Crippen LogP contribution is -2.26. The van der Waals surface area contributed by atoms with Gasteiger partial charge in [-0.05, 0) is 37.6 Å². The van der Waals surface area contributed by atoms with E-state index in [0.29, 0.717) is 11.1 Å². The monoisotopic (exact) mass is 253 g/mol. The zero-order valence-electron chi connectivity index (χ0n) is 10.7. The molecule has 17 heavy (non-hydrogen) atoms. The van der Waals surface area contributed by atoms with Crippen molar-refractivity contribution in [2.75, 3.05) is 6.54 Å². The molecule has 1 aromatic carbocycles. The minimum atomic E-state index is -0.0292. The molecule has 0 bridgehead atoms. The third-order valence-corrected chi connectivity index (χ3v) is 3.00. The maximum atomic E-state index is 11.6. The first-order valence-electron chi connectivity index (χ1n) is 6.00. The summed E-state index contributed by atoms with van der Waals surface area (Å²) in [6.45, 7) is 6.70. The number of rotatable bonds is 6. The maximum Gasteiger partial charge on any atom is 0.137 e. The summed E-state index contributed by atoms with van der Waals surface area (Å²) in [5.74, 6) is 0.177. The highest BCUT2D eigenvalue weighted by Crippen LogP contribution is 2.22. The van der Waals surface area contributed by atoms with Crippen LogP contribution in [0, 0.1) is 0 Å². The Morgan fingerprint density at radius 3 is 2.35 bits per heavy atom. The van der Waals surface area contributed by atoms with Gasteiger partial charge in [0.1, 0.15) is 5.78 Å². The second-order valence-electron chi connectivity index (χ2n) is 4.61. The fourth-order valence-corrected chi connectivity index (χ4v) is 1.94. The van der Waals surface area contributed by atoms with E-state index in [-0.39, 0.29) is 11.7 Å². The van der Waals surface area contributed by atoms with Crippen LogP contribution in [0.2, 0.25) is 5.02 Å². The summed E-state index contributed by atoms with van der Waals surface area (Å²) in [7, 11) is 0. The van der Waals surface area contributed by atoms with Crippen molar-refractivity contribution in [3.63, 3.8) is 0 Å². The van der Waals surface area contributed by atoms with E-state index in [1.165, 1.54) is 0 Å². The molecule has 0 fully saturated rings. The Balaban J connectivity index is 2.66. The van der Waals surface area contributed by atoms with Gasteiger partial charge in [-0.3, -0.25) is 4.79 Å². The molecule has 0 radical (unpaired) electrons. The first-order chi connectivity index (χ1) is 8.00. The molecule has 0 unspecified atom stereocenters. The molecule has 0 aromatic heterocycles. The van der Waals surface area contributed by atoms with Crippen molar-refractivity contribution >= 4 is 17.4 Å². The van der Waals surface area contributed by atoms with Gasteiger partial charge in [0.15, 0.2) is 0 Å². The lowest BCUT2D eigenvalue weighted by molar-refractivity contribution is -0.118. The van der Waals surface area contributed by atoms with Gasteiger partial charge in [-0.25, -0.2) is 0 Å². The average molecular weight is 254 g/mol. The summed E-state index contributed by atoms with van der Waals surface area (Å²) < 4.78 is 0. The van der Waals surface area contributed by atoms with E-state index >= 15 is 0 Å². The van der Waals surface area contributed by atoms with E-state index in [2.05, 4.69) is 19.2 Å². The minimum Gasteiger partial charge on any atom is -0.314 e. The number of halogens is 1. The molecule has 1 rings (SSSR count). The van der Waals surface area contributed by atoms with Crippen LogP contribution in [0.1, 0.15) is 38.7 Å². The number of hydrogen-bond acceptors (Lipinski definition) is 2. The fourth-order valence-electron chi connectivity index (χ4n) is 1.82. The molecule has 0 aliphatic heterocycles. The van der Waals surface area contributed by atoms with Gasteiger partial charge < -0.3 is 5.32 Å². The number of benzene rings is 1. The van der Waals surface area contributed by atoms with Crippen LogP contribution >= 0.6 is 11.6 Å². The fraction of sp³-hybridized carbons (Fsp3) is 0.500. The quantitative estimate of drug-likeness (QED) is 0.842. The Kier molecular flexibility index (Phi) is 5.66. The molecule has 0 spiro atoms. The number of ketones is 1. The molecule has 0 aliphatic carbocycles. The normalized spacial score (nSPS) is 12.8. The van der Waals surface area contributed by atoms with E-state index in [9.17, 15) is 4.79 Å². The van der Waals surface area contributed by atoms with Crippen molar-refractivity contribution in [3.8, 4) is 0 Å². The first kappa shape index (κ1) is 14.2. The molecule has 1 atom stereocenters. The third-order valence-electron chi connectivity index (χ3n) is 2.75. The smallest absolute Gasteiger partial charge is 0.137 e. The lowest BCUT2D eigenvalue weighted by atomic mass is 9.92. The van der Waals surface area contributed by atoms with Crippen LogP contribution < -0.4 is 5.32 Å². The van der Waals surface area contributed by atoms with Crippen molar-refractivity contribution in [1.82, 2.24) is 5.32 Å². The molecule has 3 heteroatoms. The van der Waals surface area contributed by atoms with Crippen LogP contribution in [0.15, 0.2) is 24.3 Å². The van der Waals surface area contributed by atoms with Gasteiger partial charge in [0.2, 0.25) is 0 Å².